The molecule has 1 fully saturated rings. The lowest BCUT2D eigenvalue weighted by atomic mass is 10.0. The van der Waals surface area contributed by atoms with Crippen molar-refractivity contribution in [3.63, 3.8) is 0 Å². The van der Waals surface area contributed by atoms with Gasteiger partial charge in [0.1, 0.15) is 5.82 Å². The van der Waals surface area contributed by atoms with E-state index in [2.05, 4.69) is 32.8 Å². The van der Waals surface area contributed by atoms with Crippen LogP contribution >= 0.6 is 0 Å². The highest BCUT2D eigenvalue weighted by molar-refractivity contribution is 5.95. The summed E-state index contributed by atoms with van der Waals surface area (Å²) in [5.41, 5.74) is 3.88. The van der Waals surface area contributed by atoms with Crippen LogP contribution < -0.4 is 15.5 Å². The molecular weight excluding hydrogens is 369 g/mol. The van der Waals surface area contributed by atoms with Crippen molar-refractivity contribution in [3.8, 4) is 11.1 Å². The molecule has 4 rings (SSSR count). The van der Waals surface area contributed by atoms with Gasteiger partial charge in [0.05, 0.1) is 6.20 Å². The number of aryl methyl sites for hydroxylation is 1. The summed E-state index contributed by atoms with van der Waals surface area (Å²) in [5.74, 6) is -0.741. The SMILES string of the molecule is Cn1cc(CNC(=O)c2cc(F)cc(-c3cccc(N4CCNCC4)c3)c2)cn1. The molecule has 0 aliphatic carbocycles. The van der Waals surface area contributed by atoms with E-state index >= 15 is 0 Å². The van der Waals surface area contributed by atoms with Gasteiger partial charge in [0.25, 0.3) is 5.91 Å². The Morgan fingerprint density at radius 3 is 2.76 bits per heavy atom. The Hall–Kier alpha value is -3.19. The molecule has 150 valence electrons. The van der Waals surface area contributed by atoms with Crippen molar-refractivity contribution in [2.75, 3.05) is 31.1 Å². The van der Waals surface area contributed by atoms with Gasteiger partial charge in [-0.1, -0.05) is 12.1 Å². The molecule has 7 heteroatoms. The van der Waals surface area contributed by atoms with Gasteiger partial charge < -0.3 is 15.5 Å². The average molecular weight is 393 g/mol. The van der Waals surface area contributed by atoms with Crippen LogP contribution in [-0.2, 0) is 13.6 Å². The van der Waals surface area contributed by atoms with E-state index in [1.54, 1.807) is 16.9 Å². The van der Waals surface area contributed by atoms with Crippen LogP contribution in [0, 0.1) is 5.82 Å². The molecule has 1 aliphatic rings. The van der Waals surface area contributed by atoms with Gasteiger partial charge >= 0.3 is 0 Å². The zero-order valence-electron chi connectivity index (χ0n) is 16.4. The highest BCUT2D eigenvalue weighted by Gasteiger charge is 2.13. The first-order valence-electron chi connectivity index (χ1n) is 9.71. The average Bonchev–Trinajstić information content (AvgIpc) is 3.17. The van der Waals surface area contributed by atoms with Crippen molar-refractivity contribution >= 4 is 11.6 Å². The number of hydrogen-bond donors (Lipinski definition) is 2. The highest BCUT2D eigenvalue weighted by Crippen LogP contribution is 2.27. The third-order valence-electron chi connectivity index (χ3n) is 5.03. The largest absolute Gasteiger partial charge is 0.369 e. The number of carbonyl (C=O) groups is 1. The third kappa shape index (κ3) is 4.63. The second-order valence-electron chi connectivity index (χ2n) is 7.22. The highest BCUT2D eigenvalue weighted by atomic mass is 19.1. The number of carbonyl (C=O) groups excluding carboxylic acids is 1. The lowest BCUT2D eigenvalue weighted by Gasteiger charge is -2.29. The van der Waals surface area contributed by atoms with Crippen LogP contribution in [0.5, 0.6) is 0 Å². The van der Waals surface area contributed by atoms with Crippen LogP contribution in [0.3, 0.4) is 0 Å². The molecule has 1 aliphatic heterocycles. The fraction of sp³-hybridized carbons (Fsp3) is 0.273. The molecule has 0 atom stereocenters. The molecule has 0 saturated carbocycles. The van der Waals surface area contributed by atoms with Crippen molar-refractivity contribution in [3.05, 3.63) is 71.8 Å². The van der Waals surface area contributed by atoms with Crippen molar-refractivity contribution < 1.29 is 9.18 Å². The minimum Gasteiger partial charge on any atom is -0.369 e. The monoisotopic (exact) mass is 393 g/mol. The maximum Gasteiger partial charge on any atom is 0.251 e. The van der Waals surface area contributed by atoms with Crippen LogP contribution in [0.2, 0.25) is 0 Å². The first-order chi connectivity index (χ1) is 14.1. The molecule has 1 saturated heterocycles. The number of amides is 1. The first kappa shape index (κ1) is 19.1. The number of rotatable bonds is 5. The number of hydrogen-bond acceptors (Lipinski definition) is 4. The van der Waals surface area contributed by atoms with Crippen LogP contribution in [0.4, 0.5) is 10.1 Å². The minimum atomic E-state index is -0.429. The summed E-state index contributed by atoms with van der Waals surface area (Å²) in [5, 5.41) is 10.2. The van der Waals surface area contributed by atoms with Gasteiger partial charge in [-0.15, -0.1) is 0 Å². The molecule has 2 aromatic carbocycles. The van der Waals surface area contributed by atoms with E-state index in [4.69, 9.17) is 0 Å². The Morgan fingerprint density at radius 2 is 2.00 bits per heavy atom. The zero-order valence-corrected chi connectivity index (χ0v) is 16.4. The zero-order chi connectivity index (χ0) is 20.2. The smallest absolute Gasteiger partial charge is 0.251 e. The molecule has 1 amide bonds. The molecule has 6 nitrogen and oxygen atoms in total. The second-order valence-corrected chi connectivity index (χ2v) is 7.22. The normalized spacial score (nSPS) is 14.1. The number of nitrogens with zero attached hydrogens (tertiary/aromatic N) is 3. The molecule has 29 heavy (non-hydrogen) atoms. The van der Waals surface area contributed by atoms with Crippen molar-refractivity contribution in [2.45, 2.75) is 6.54 Å². The summed E-state index contributed by atoms with van der Waals surface area (Å²) < 4.78 is 16.0. The number of halogens is 1. The summed E-state index contributed by atoms with van der Waals surface area (Å²) in [6.45, 7) is 4.12. The molecule has 0 radical (unpaired) electrons. The molecule has 1 aromatic heterocycles. The van der Waals surface area contributed by atoms with Crippen molar-refractivity contribution in [2.24, 2.45) is 7.05 Å². The molecule has 3 aromatic rings. The van der Waals surface area contributed by atoms with Crippen LogP contribution in [0.1, 0.15) is 15.9 Å². The standard InChI is InChI=1S/C22H24FN5O/c1-27-15-16(14-26-27)13-25-22(29)19-9-18(10-20(23)11-19)17-3-2-4-21(12-17)28-7-5-24-6-8-28/h2-4,9-12,14-15,24H,5-8,13H2,1H3,(H,25,29). The Kier molecular flexibility index (Phi) is 5.57. The Morgan fingerprint density at radius 1 is 1.17 bits per heavy atom. The van der Waals surface area contributed by atoms with Crippen LogP contribution in [-0.4, -0.2) is 41.9 Å². The number of nitrogens with one attached hydrogen (secondary N) is 2. The van der Waals surface area contributed by atoms with E-state index in [1.165, 1.54) is 12.1 Å². The van der Waals surface area contributed by atoms with Gasteiger partial charge in [-0.3, -0.25) is 9.48 Å². The first-order valence-corrected chi connectivity index (χ1v) is 9.71. The topological polar surface area (TPSA) is 62.2 Å². The minimum absolute atomic E-state index is 0.302. The third-order valence-corrected chi connectivity index (χ3v) is 5.03. The Labute approximate surface area is 169 Å². The summed E-state index contributed by atoms with van der Waals surface area (Å²) in [7, 11) is 1.82. The number of piperazine rings is 1. The number of benzene rings is 2. The molecule has 2 heterocycles. The van der Waals surface area contributed by atoms with Crippen molar-refractivity contribution in [1.29, 1.82) is 0 Å². The molecular formula is C22H24FN5O. The van der Waals surface area contributed by atoms with Gasteiger partial charge in [0, 0.05) is 62.8 Å². The van der Waals surface area contributed by atoms with E-state index in [0.717, 1.165) is 43.0 Å². The lowest BCUT2D eigenvalue weighted by Crippen LogP contribution is -2.43. The van der Waals surface area contributed by atoms with Gasteiger partial charge in [-0.2, -0.15) is 5.10 Å². The molecule has 0 unspecified atom stereocenters. The number of anilines is 1. The van der Waals surface area contributed by atoms with E-state index in [-0.39, 0.29) is 5.91 Å². The van der Waals surface area contributed by atoms with E-state index in [0.29, 0.717) is 17.7 Å². The summed E-state index contributed by atoms with van der Waals surface area (Å²) in [4.78, 5) is 14.9. The summed E-state index contributed by atoms with van der Waals surface area (Å²) >= 11 is 0. The van der Waals surface area contributed by atoms with E-state index < -0.39 is 5.82 Å². The van der Waals surface area contributed by atoms with Crippen LogP contribution in [0.25, 0.3) is 11.1 Å². The lowest BCUT2D eigenvalue weighted by molar-refractivity contribution is 0.0950. The molecule has 2 N–H and O–H groups in total. The van der Waals surface area contributed by atoms with E-state index in [1.807, 2.05) is 25.4 Å². The van der Waals surface area contributed by atoms with Gasteiger partial charge in [0.15, 0.2) is 0 Å². The predicted molar refractivity (Wildman–Crippen MR) is 111 cm³/mol. The predicted octanol–water partition coefficient (Wildman–Crippen LogP) is 2.57. The van der Waals surface area contributed by atoms with E-state index in [9.17, 15) is 9.18 Å². The Bertz CT molecular complexity index is 1010. The maximum absolute atomic E-state index is 14.3. The quantitative estimate of drug-likeness (QED) is 0.700. The molecule has 0 bridgehead atoms. The Balaban J connectivity index is 1.54. The van der Waals surface area contributed by atoms with Crippen LogP contribution in [0.15, 0.2) is 54.9 Å². The molecule has 0 spiro atoms. The van der Waals surface area contributed by atoms with Gasteiger partial charge in [0.2, 0.25) is 0 Å². The second kappa shape index (κ2) is 8.45. The summed E-state index contributed by atoms with van der Waals surface area (Å²) in [6, 6.07) is 12.5. The van der Waals surface area contributed by atoms with Crippen molar-refractivity contribution in [1.82, 2.24) is 20.4 Å². The van der Waals surface area contributed by atoms with Gasteiger partial charge in [-0.05, 0) is 41.5 Å². The maximum atomic E-state index is 14.3. The summed E-state index contributed by atoms with van der Waals surface area (Å²) in [6.07, 6.45) is 3.53. The number of aromatic nitrogens is 2. The van der Waals surface area contributed by atoms with Gasteiger partial charge in [-0.25, -0.2) is 4.39 Å². The fourth-order valence-corrected chi connectivity index (χ4v) is 3.54. The fourth-order valence-electron chi connectivity index (χ4n) is 3.54.